The van der Waals surface area contributed by atoms with Crippen molar-refractivity contribution >= 4 is 28.9 Å². The molecule has 5 heteroatoms. The molecule has 2 rings (SSSR count). The van der Waals surface area contributed by atoms with Gasteiger partial charge in [0.1, 0.15) is 0 Å². The van der Waals surface area contributed by atoms with Gasteiger partial charge >= 0.3 is 0 Å². The number of nitrogens with zero attached hydrogens (tertiary/aromatic N) is 1. The summed E-state index contributed by atoms with van der Waals surface area (Å²) in [7, 11) is 0. The maximum atomic E-state index is 11.9. The molecule has 4 nitrogen and oxygen atoms in total. The van der Waals surface area contributed by atoms with Crippen LogP contribution in [0.25, 0.3) is 0 Å². The quantitative estimate of drug-likeness (QED) is 0.817. The highest BCUT2D eigenvalue weighted by atomic mass is 35.5. The van der Waals surface area contributed by atoms with E-state index in [1.165, 1.54) is 0 Å². The van der Waals surface area contributed by atoms with Crippen LogP contribution in [0.3, 0.4) is 0 Å². The SMILES string of the molecule is Cc1cc(C(=O)Nc2ccc(Cl)c(N)c2)ccn1. The molecule has 1 heterocycles. The molecule has 18 heavy (non-hydrogen) atoms. The zero-order valence-electron chi connectivity index (χ0n) is 9.77. The van der Waals surface area contributed by atoms with Gasteiger partial charge in [-0.1, -0.05) is 11.6 Å². The number of anilines is 2. The molecule has 0 unspecified atom stereocenters. The Kier molecular flexibility index (Phi) is 3.48. The fourth-order valence-electron chi connectivity index (χ4n) is 1.51. The molecule has 0 fully saturated rings. The van der Waals surface area contributed by atoms with Crippen molar-refractivity contribution in [3.8, 4) is 0 Å². The molecule has 3 N–H and O–H groups in total. The Hall–Kier alpha value is -2.07. The topological polar surface area (TPSA) is 68.0 Å². The summed E-state index contributed by atoms with van der Waals surface area (Å²) in [4.78, 5) is 16.0. The number of carbonyl (C=O) groups excluding carboxylic acids is 1. The minimum atomic E-state index is -0.206. The monoisotopic (exact) mass is 261 g/mol. The van der Waals surface area contributed by atoms with Crippen molar-refractivity contribution in [3.63, 3.8) is 0 Å². The second-order valence-electron chi connectivity index (χ2n) is 3.88. The molecule has 0 saturated carbocycles. The third kappa shape index (κ3) is 2.78. The predicted molar refractivity (Wildman–Crippen MR) is 72.8 cm³/mol. The van der Waals surface area contributed by atoms with Gasteiger partial charge in [-0.05, 0) is 37.3 Å². The zero-order valence-corrected chi connectivity index (χ0v) is 10.5. The Bertz CT molecular complexity index is 599. The highest BCUT2D eigenvalue weighted by molar-refractivity contribution is 6.33. The molecular weight excluding hydrogens is 250 g/mol. The van der Waals surface area contributed by atoms with Crippen molar-refractivity contribution in [2.45, 2.75) is 6.92 Å². The van der Waals surface area contributed by atoms with Crippen molar-refractivity contribution in [1.82, 2.24) is 4.98 Å². The van der Waals surface area contributed by atoms with Crippen LogP contribution < -0.4 is 11.1 Å². The van der Waals surface area contributed by atoms with E-state index < -0.39 is 0 Å². The highest BCUT2D eigenvalue weighted by Crippen LogP contribution is 2.22. The first-order chi connectivity index (χ1) is 8.56. The molecule has 92 valence electrons. The summed E-state index contributed by atoms with van der Waals surface area (Å²) in [5.41, 5.74) is 8.05. The second-order valence-corrected chi connectivity index (χ2v) is 4.28. The Morgan fingerprint density at radius 3 is 2.78 bits per heavy atom. The number of nitrogens with two attached hydrogens (primary N) is 1. The number of nitrogens with one attached hydrogen (secondary N) is 1. The molecule has 1 aromatic carbocycles. The predicted octanol–water partition coefficient (Wildman–Crippen LogP) is 2.88. The van der Waals surface area contributed by atoms with Crippen molar-refractivity contribution in [2.24, 2.45) is 0 Å². The first kappa shape index (κ1) is 12.4. The molecular formula is C13H12ClN3O. The van der Waals surface area contributed by atoms with Gasteiger partial charge in [-0.25, -0.2) is 0 Å². The van der Waals surface area contributed by atoms with E-state index >= 15 is 0 Å². The summed E-state index contributed by atoms with van der Waals surface area (Å²) < 4.78 is 0. The largest absolute Gasteiger partial charge is 0.397 e. The number of benzene rings is 1. The summed E-state index contributed by atoms with van der Waals surface area (Å²) >= 11 is 5.81. The van der Waals surface area contributed by atoms with Gasteiger partial charge in [-0.3, -0.25) is 9.78 Å². The Balaban J connectivity index is 2.18. The Morgan fingerprint density at radius 2 is 2.11 bits per heavy atom. The lowest BCUT2D eigenvalue weighted by Crippen LogP contribution is -2.12. The highest BCUT2D eigenvalue weighted by Gasteiger charge is 2.07. The average molecular weight is 262 g/mol. The third-order valence-corrected chi connectivity index (χ3v) is 2.76. The smallest absolute Gasteiger partial charge is 0.255 e. The van der Waals surface area contributed by atoms with E-state index in [-0.39, 0.29) is 5.91 Å². The van der Waals surface area contributed by atoms with E-state index in [0.29, 0.717) is 22.0 Å². The molecule has 0 aliphatic heterocycles. The first-order valence-corrected chi connectivity index (χ1v) is 5.73. The number of hydrogen-bond acceptors (Lipinski definition) is 3. The molecule has 0 saturated heterocycles. The van der Waals surface area contributed by atoms with Crippen molar-refractivity contribution in [3.05, 3.63) is 52.8 Å². The summed E-state index contributed by atoms with van der Waals surface area (Å²) in [5, 5.41) is 3.21. The molecule has 0 radical (unpaired) electrons. The lowest BCUT2D eigenvalue weighted by atomic mass is 10.2. The van der Waals surface area contributed by atoms with Crippen LogP contribution >= 0.6 is 11.6 Å². The molecule has 0 atom stereocenters. The Morgan fingerprint density at radius 1 is 1.33 bits per heavy atom. The molecule has 1 aromatic heterocycles. The maximum absolute atomic E-state index is 11.9. The molecule has 0 aliphatic rings. The molecule has 0 aliphatic carbocycles. The van der Waals surface area contributed by atoms with Crippen molar-refractivity contribution in [2.75, 3.05) is 11.1 Å². The van der Waals surface area contributed by atoms with Crippen LogP contribution in [0.1, 0.15) is 16.1 Å². The van der Waals surface area contributed by atoms with Crippen molar-refractivity contribution < 1.29 is 4.79 Å². The summed E-state index contributed by atoms with van der Waals surface area (Å²) in [5.74, 6) is -0.206. The minimum absolute atomic E-state index is 0.206. The van der Waals surface area contributed by atoms with Gasteiger partial charge in [0.15, 0.2) is 0 Å². The maximum Gasteiger partial charge on any atom is 0.255 e. The second kappa shape index (κ2) is 5.06. The third-order valence-electron chi connectivity index (χ3n) is 2.41. The van der Waals surface area contributed by atoms with Crippen LogP contribution in [-0.4, -0.2) is 10.9 Å². The van der Waals surface area contributed by atoms with Gasteiger partial charge in [0, 0.05) is 23.1 Å². The van der Waals surface area contributed by atoms with E-state index in [4.69, 9.17) is 17.3 Å². The van der Waals surface area contributed by atoms with Crippen molar-refractivity contribution in [1.29, 1.82) is 0 Å². The number of aromatic nitrogens is 1. The standard InChI is InChI=1S/C13H12ClN3O/c1-8-6-9(4-5-16-8)13(18)17-10-2-3-11(14)12(15)7-10/h2-7H,15H2,1H3,(H,17,18). The van der Waals surface area contributed by atoms with Gasteiger partial charge in [-0.2, -0.15) is 0 Å². The number of pyridine rings is 1. The van der Waals surface area contributed by atoms with E-state index in [1.54, 1.807) is 36.5 Å². The number of rotatable bonds is 2. The van der Waals surface area contributed by atoms with Gasteiger partial charge in [0.2, 0.25) is 0 Å². The fraction of sp³-hybridized carbons (Fsp3) is 0.0769. The van der Waals surface area contributed by atoms with Gasteiger partial charge < -0.3 is 11.1 Å². The molecule has 0 spiro atoms. The number of nitrogen functional groups attached to an aromatic ring is 1. The van der Waals surface area contributed by atoms with E-state index in [0.717, 1.165) is 5.69 Å². The zero-order chi connectivity index (χ0) is 13.1. The number of halogens is 1. The van der Waals surface area contributed by atoms with Crippen LogP contribution in [0.4, 0.5) is 11.4 Å². The molecule has 2 aromatic rings. The van der Waals surface area contributed by atoms with Crippen LogP contribution in [0.5, 0.6) is 0 Å². The van der Waals surface area contributed by atoms with E-state index in [1.807, 2.05) is 6.92 Å². The van der Waals surface area contributed by atoms with Gasteiger partial charge in [0.05, 0.1) is 10.7 Å². The van der Waals surface area contributed by atoms with Crippen LogP contribution in [-0.2, 0) is 0 Å². The minimum Gasteiger partial charge on any atom is -0.397 e. The average Bonchev–Trinajstić information content (AvgIpc) is 2.34. The van der Waals surface area contributed by atoms with Crippen LogP contribution in [0.15, 0.2) is 36.5 Å². The van der Waals surface area contributed by atoms with Crippen LogP contribution in [0.2, 0.25) is 5.02 Å². The molecule has 0 bridgehead atoms. The number of aryl methyl sites for hydroxylation is 1. The summed E-state index contributed by atoms with van der Waals surface area (Å²) in [6, 6.07) is 8.33. The van der Waals surface area contributed by atoms with Gasteiger partial charge in [0.25, 0.3) is 5.91 Å². The summed E-state index contributed by atoms with van der Waals surface area (Å²) in [6.07, 6.45) is 1.60. The lowest BCUT2D eigenvalue weighted by molar-refractivity contribution is 0.102. The fourth-order valence-corrected chi connectivity index (χ4v) is 1.63. The Labute approximate surface area is 110 Å². The molecule has 1 amide bonds. The van der Waals surface area contributed by atoms with Crippen LogP contribution in [0, 0.1) is 6.92 Å². The number of amides is 1. The van der Waals surface area contributed by atoms with Gasteiger partial charge in [-0.15, -0.1) is 0 Å². The lowest BCUT2D eigenvalue weighted by Gasteiger charge is -2.07. The number of carbonyl (C=O) groups is 1. The number of hydrogen-bond donors (Lipinski definition) is 2. The summed E-state index contributed by atoms with van der Waals surface area (Å²) in [6.45, 7) is 1.83. The normalized spacial score (nSPS) is 10.1. The van der Waals surface area contributed by atoms with E-state index in [2.05, 4.69) is 10.3 Å². The first-order valence-electron chi connectivity index (χ1n) is 5.35. The van der Waals surface area contributed by atoms with E-state index in [9.17, 15) is 4.79 Å².